The number of methoxy groups -OCH3 is 1. The molecule has 2 aliphatic rings. The van der Waals surface area contributed by atoms with E-state index in [1.165, 1.54) is 0 Å². The lowest BCUT2D eigenvalue weighted by molar-refractivity contribution is 0.0173. The van der Waals surface area contributed by atoms with Gasteiger partial charge in [0.05, 0.1) is 41.8 Å². The van der Waals surface area contributed by atoms with E-state index in [9.17, 15) is 4.55 Å². The second kappa shape index (κ2) is 12.8. The van der Waals surface area contributed by atoms with Gasteiger partial charge in [0.2, 0.25) is 4.90 Å². The van der Waals surface area contributed by atoms with E-state index in [1.54, 1.807) is 31.6 Å². The van der Waals surface area contributed by atoms with Crippen molar-refractivity contribution in [1.29, 1.82) is 0 Å². The second-order valence-electron chi connectivity index (χ2n) is 11.1. The summed E-state index contributed by atoms with van der Waals surface area (Å²) in [5.74, 6) is 2.13. The molecule has 9 heteroatoms. The van der Waals surface area contributed by atoms with Crippen LogP contribution >= 0.6 is 11.6 Å². The predicted molar refractivity (Wildman–Crippen MR) is 168 cm³/mol. The van der Waals surface area contributed by atoms with E-state index in [-0.39, 0.29) is 6.61 Å². The fourth-order valence-corrected chi connectivity index (χ4v) is 6.12. The first kappa shape index (κ1) is 29.8. The predicted octanol–water partition coefficient (Wildman–Crippen LogP) is 7.32. The van der Waals surface area contributed by atoms with E-state index < -0.39 is 17.0 Å². The lowest BCUT2D eigenvalue weighted by Crippen LogP contribution is -2.23. The zero-order valence-electron chi connectivity index (χ0n) is 24.5. The highest BCUT2D eigenvalue weighted by atomic mass is 35.5. The van der Waals surface area contributed by atoms with Gasteiger partial charge in [-0.15, -0.1) is 4.31 Å². The van der Waals surface area contributed by atoms with E-state index in [1.807, 2.05) is 67.0 Å². The first-order valence-corrected chi connectivity index (χ1v) is 15.9. The quantitative estimate of drug-likeness (QED) is 0.145. The van der Waals surface area contributed by atoms with E-state index in [0.717, 1.165) is 65.0 Å². The minimum atomic E-state index is -1.45. The van der Waals surface area contributed by atoms with Crippen LogP contribution in [0.5, 0.6) is 17.2 Å². The molecule has 0 radical (unpaired) electrons. The number of benzene rings is 3. The molecule has 1 unspecified atom stereocenters. The van der Waals surface area contributed by atoms with Crippen LogP contribution in [-0.2, 0) is 34.9 Å². The van der Waals surface area contributed by atoms with Crippen molar-refractivity contribution in [3.63, 3.8) is 0 Å². The highest BCUT2D eigenvalue weighted by Crippen LogP contribution is 2.53. The number of para-hydroxylation sites is 1. The summed E-state index contributed by atoms with van der Waals surface area (Å²) in [7, 11) is 5.16. The van der Waals surface area contributed by atoms with Crippen molar-refractivity contribution >= 4 is 23.0 Å². The molecule has 0 bridgehead atoms. The van der Waals surface area contributed by atoms with E-state index in [4.69, 9.17) is 30.5 Å². The Hall–Kier alpha value is -3.27. The smallest absolute Gasteiger partial charge is 0.216 e. The molecule has 0 saturated heterocycles. The molecule has 7 nitrogen and oxygen atoms in total. The number of halogens is 1. The van der Waals surface area contributed by atoms with Crippen molar-refractivity contribution in [1.82, 2.24) is 9.29 Å². The monoisotopic (exact) mass is 618 g/mol. The molecule has 43 heavy (non-hydrogen) atoms. The van der Waals surface area contributed by atoms with Crippen molar-refractivity contribution in [3.05, 3.63) is 101 Å². The van der Waals surface area contributed by atoms with Crippen molar-refractivity contribution < 1.29 is 23.5 Å². The Morgan fingerprint density at radius 1 is 0.977 bits per heavy atom. The number of rotatable bonds is 13. The summed E-state index contributed by atoms with van der Waals surface area (Å²) < 4.78 is 39.2. The molecule has 4 aromatic rings. The van der Waals surface area contributed by atoms with E-state index in [0.29, 0.717) is 28.4 Å². The molecule has 2 fully saturated rings. The number of hydrogen-bond acceptors (Lipinski definition) is 7. The van der Waals surface area contributed by atoms with Crippen LogP contribution in [-0.4, -0.2) is 41.2 Å². The Balaban J connectivity index is 1.24. The van der Waals surface area contributed by atoms with Crippen LogP contribution in [0.15, 0.2) is 84.0 Å². The summed E-state index contributed by atoms with van der Waals surface area (Å²) in [5.41, 5.74) is 4.36. The van der Waals surface area contributed by atoms with Crippen LogP contribution in [0.1, 0.15) is 42.4 Å². The third-order valence-electron chi connectivity index (χ3n) is 7.70. The molecule has 224 valence electrons. The van der Waals surface area contributed by atoms with Crippen molar-refractivity contribution in [2.45, 2.75) is 55.5 Å². The summed E-state index contributed by atoms with van der Waals surface area (Å²) in [6.45, 7) is 0.552. The van der Waals surface area contributed by atoms with Gasteiger partial charge in [-0.3, -0.25) is 4.98 Å². The Morgan fingerprint density at radius 3 is 2.44 bits per heavy atom. The highest BCUT2D eigenvalue weighted by Gasteiger charge is 2.48. The Kier molecular flexibility index (Phi) is 8.84. The zero-order valence-corrected chi connectivity index (χ0v) is 26.1. The van der Waals surface area contributed by atoms with Gasteiger partial charge in [-0.1, -0.05) is 41.9 Å². The van der Waals surface area contributed by atoms with Gasteiger partial charge in [-0.05, 0) is 61.1 Å². The molecule has 1 heterocycles. The summed E-state index contributed by atoms with van der Waals surface area (Å²) in [4.78, 5) is 5.00. The largest absolute Gasteiger partial charge is 0.593 e. The van der Waals surface area contributed by atoms with Gasteiger partial charge in [0.1, 0.15) is 18.1 Å². The fraction of sp³-hybridized carbons (Fsp3) is 0.324. The molecule has 1 aromatic heterocycles. The molecule has 0 N–H and O–H groups in total. The average Bonchev–Trinajstić information content (AvgIpc) is 3.97. The lowest BCUT2D eigenvalue weighted by atomic mass is 9.96. The molecule has 2 aliphatic carbocycles. The topological polar surface area (TPSA) is 76.1 Å². The standard InChI is InChI=1S/C34H35ClN2O5S/c1-37(2)43(38)33-18-24(30(35)19-32(33)40-21-23-8-10-25(39-3)11-9-23)22-41-34(15-16-34)29-20-36-17-14-27(29)28-6-4-5-7-31(28)42-26-12-13-26/h4-11,14,17-20,26H,12-13,15-16,21-22H2,1-3H3. The van der Waals surface area contributed by atoms with Crippen molar-refractivity contribution in [2.75, 3.05) is 21.2 Å². The summed E-state index contributed by atoms with van der Waals surface area (Å²) in [6.07, 6.45) is 7.94. The molecule has 0 spiro atoms. The van der Waals surface area contributed by atoms with Crippen LogP contribution in [0.4, 0.5) is 0 Å². The maximum absolute atomic E-state index is 13.3. The highest BCUT2D eigenvalue weighted by molar-refractivity contribution is 7.89. The first-order valence-electron chi connectivity index (χ1n) is 14.4. The van der Waals surface area contributed by atoms with Gasteiger partial charge < -0.3 is 23.5 Å². The summed E-state index contributed by atoms with van der Waals surface area (Å²) >= 11 is 5.33. The molecule has 3 aromatic carbocycles. The van der Waals surface area contributed by atoms with Crippen LogP contribution < -0.4 is 14.2 Å². The molecule has 2 saturated carbocycles. The number of nitrogens with zero attached hydrogens (tertiary/aromatic N) is 2. The molecular weight excluding hydrogens is 584 g/mol. The fourth-order valence-electron chi connectivity index (χ4n) is 4.99. The van der Waals surface area contributed by atoms with Crippen LogP contribution in [0, 0.1) is 0 Å². The molecule has 1 atom stereocenters. The Morgan fingerprint density at radius 2 is 1.74 bits per heavy atom. The van der Waals surface area contributed by atoms with Crippen molar-refractivity contribution in [2.24, 2.45) is 0 Å². The second-order valence-corrected chi connectivity index (χ2v) is 13.2. The van der Waals surface area contributed by atoms with Gasteiger partial charge in [0, 0.05) is 55.3 Å². The zero-order chi connectivity index (χ0) is 30.0. The minimum absolute atomic E-state index is 0.254. The van der Waals surface area contributed by atoms with E-state index in [2.05, 4.69) is 11.1 Å². The SMILES string of the molecule is COc1ccc(COc2cc(Cl)c(COC3(c4cnccc4-c4ccccc4OC4CC4)CC3)cc2[S+]([O-])N(C)C)cc1. The number of ether oxygens (including phenoxy) is 4. The van der Waals surface area contributed by atoms with Gasteiger partial charge in [0.15, 0.2) is 5.75 Å². The van der Waals surface area contributed by atoms with Crippen LogP contribution in [0.2, 0.25) is 5.02 Å². The van der Waals surface area contributed by atoms with Gasteiger partial charge >= 0.3 is 0 Å². The molecule has 0 aliphatic heterocycles. The Labute approximate surface area is 261 Å². The summed E-state index contributed by atoms with van der Waals surface area (Å²) in [6, 6.07) is 21.4. The normalized spacial score (nSPS) is 16.1. The Bertz CT molecular complexity index is 1570. The number of aromatic nitrogens is 1. The number of pyridine rings is 1. The molecule has 0 amide bonds. The van der Waals surface area contributed by atoms with Gasteiger partial charge in [-0.25, -0.2) is 0 Å². The number of hydrogen-bond donors (Lipinski definition) is 0. The lowest BCUT2D eigenvalue weighted by Gasteiger charge is -2.23. The maximum atomic E-state index is 13.3. The summed E-state index contributed by atoms with van der Waals surface area (Å²) in [5, 5.41) is 0.495. The average molecular weight is 619 g/mol. The van der Waals surface area contributed by atoms with Gasteiger partial charge in [0.25, 0.3) is 0 Å². The van der Waals surface area contributed by atoms with Gasteiger partial charge in [-0.2, -0.15) is 0 Å². The molecular formula is C34H35ClN2O5S. The molecule has 6 rings (SSSR count). The van der Waals surface area contributed by atoms with Crippen molar-refractivity contribution in [3.8, 4) is 28.4 Å². The van der Waals surface area contributed by atoms with Crippen LogP contribution in [0.3, 0.4) is 0 Å². The minimum Gasteiger partial charge on any atom is -0.593 e. The van der Waals surface area contributed by atoms with Crippen LogP contribution in [0.25, 0.3) is 11.1 Å². The third kappa shape index (κ3) is 6.79. The first-order chi connectivity index (χ1) is 20.9. The maximum Gasteiger partial charge on any atom is 0.216 e. The third-order valence-corrected chi connectivity index (χ3v) is 9.41. The van der Waals surface area contributed by atoms with E-state index >= 15 is 0 Å².